The lowest BCUT2D eigenvalue weighted by molar-refractivity contribution is 0.112. The molecule has 11 heavy (non-hydrogen) atoms. The van der Waals surface area contributed by atoms with Gasteiger partial charge in [0, 0.05) is 12.4 Å². The molecule has 0 amide bonds. The molecular weight excluding hydrogens is 142 g/mol. The van der Waals surface area contributed by atoms with E-state index in [0.29, 0.717) is 5.56 Å². The molecule has 0 spiro atoms. The van der Waals surface area contributed by atoms with Crippen LogP contribution < -0.4 is 0 Å². The monoisotopic (exact) mass is 147 g/mol. The minimum atomic E-state index is 0.568. The fourth-order valence-electron chi connectivity index (χ4n) is 0.944. The second-order valence-electron chi connectivity index (χ2n) is 2.12. The van der Waals surface area contributed by atoms with Crippen molar-refractivity contribution in [3.8, 4) is 0 Å². The van der Waals surface area contributed by atoms with Gasteiger partial charge in [0.05, 0.1) is 23.5 Å². The maximum Gasteiger partial charge on any atom is 0.153 e. The number of carbonyl (C=O) groups is 1. The van der Waals surface area contributed by atoms with E-state index in [-0.39, 0.29) is 0 Å². The van der Waals surface area contributed by atoms with Gasteiger partial charge >= 0.3 is 0 Å². The lowest BCUT2D eigenvalue weighted by Crippen LogP contribution is -1.86. The summed E-state index contributed by atoms with van der Waals surface area (Å²) < 4.78 is 1.61. The molecule has 0 fully saturated rings. The average molecular weight is 147 g/mol. The van der Waals surface area contributed by atoms with Crippen molar-refractivity contribution in [3.63, 3.8) is 0 Å². The number of hydrogen-bond acceptors (Lipinski definition) is 3. The van der Waals surface area contributed by atoms with Gasteiger partial charge in [-0.05, 0) is 0 Å². The predicted octanol–water partition coefficient (Wildman–Crippen LogP) is 0.542. The van der Waals surface area contributed by atoms with E-state index in [4.69, 9.17) is 0 Å². The lowest BCUT2D eigenvalue weighted by atomic mass is 10.3. The van der Waals surface area contributed by atoms with Crippen LogP contribution in [0.3, 0.4) is 0 Å². The first-order valence-corrected chi connectivity index (χ1v) is 3.14. The Morgan fingerprint density at radius 1 is 1.45 bits per heavy atom. The molecule has 0 saturated carbocycles. The van der Waals surface area contributed by atoms with E-state index in [2.05, 4.69) is 10.1 Å². The van der Waals surface area contributed by atoms with E-state index < -0.39 is 0 Å². The Kier molecular flexibility index (Phi) is 1.18. The molecule has 0 N–H and O–H groups in total. The molecule has 2 heterocycles. The Labute approximate surface area is 62.5 Å². The minimum Gasteiger partial charge on any atom is -0.298 e. The van der Waals surface area contributed by atoms with Crippen LogP contribution in [0.25, 0.3) is 5.52 Å². The molecule has 4 heteroatoms. The van der Waals surface area contributed by atoms with Crippen molar-refractivity contribution in [1.29, 1.82) is 0 Å². The van der Waals surface area contributed by atoms with Gasteiger partial charge < -0.3 is 0 Å². The Hall–Kier alpha value is -1.71. The summed E-state index contributed by atoms with van der Waals surface area (Å²) in [6, 6.07) is 0. The highest BCUT2D eigenvalue weighted by atomic mass is 16.1. The molecule has 0 aliphatic carbocycles. The van der Waals surface area contributed by atoms with Crippen molar-refractivity contribution < 1.29 is 4.79 Å². The first-order valence-electron chi connectivity index (χ1n) is 3.14. The summed E-state index contributed by atoms with van der Waals surface area (Å²) in [5.41, 5.74) is 1.31. The predicted molar refractivity (Wildman–Crippen MR) is 38.4 cm³/mol. The van der Waals surface area contributed by atoms with Gasteiger partial charge in [0.25, 0.3) is 0 Å². The molecule has 2 rings (SSSR count). The van der Waals surface area contributed by atoms with Crippen LogP contribution in [0.2, 0.25) is 0 Å². The Morgan fingerprint density at radius 2 is 2.36 bits per heavy atom. The van der Waals surface area contributed by atoms with Crippen molar-refractivity contribution in [3.05, 3.63) is 30.4 Å². The van der Waals surface area contributed by atoms with E-state index in [1.807, 2.05) is 0 Å². The fourth-order valence-corrected chi connectivity index (χ4v) is 0.944. The smallest absolute Gasteiger partial charge is 0.153 e. The first-order chi connectivity index (χ1) is 5.42. The van der Waals surface area contributed by atoms with Gasteiger partial charge in [0.2, 0.25) is 0 Å². The van der Waals surface area contributed by atoms with E-state index in [1.165, 1.54) is 6.20 Å². The van der Waals surface area contributed by atoms with E-state index in [0.717, 1.165) is 11.8 Å². The van der Waals surface area contributed by atoms with Crippen LogP contribution in [0.15, 0.2) is 24.8 Å². The summed E-state index contributed by atoms with van der Waals surface area (Å²) in [5, 5.41) is 3.93. The number of fused-ring (bicyclic) bond motifs is 1. The van der Waals surface area contributed by atoms with Crippen molar-refractivity contribution in [2.75, 3.05) is 0 Å². The zero-order valence-electron chi connectivity index (χ0n) is 5.64. The standard InChI is InChI=1S/C7H5N3O/c11-5-6-3-9-10-2-1-8-4-7(6)10/h1-5H. The van der Waals surface area contributed by atoms with Crippen LogP contribution in [-0.4, -0.2) is 20.9 Å². The maximum absolute atomic E-state index is 10.4. The molecule has 0 aliphatic rings. The van der Waals surface area contributed by atoms with Gasteiger partial charge in [0.1, 0.15) is 0 Å². The van der Waals surface area contributed by atoms with Gasteiger partial charge in [-0.25, -0.2) is 4.52 Å². The lowest BCUT2D eigenvalue weighted by Gasteiger charge is -1.88. The van der Waals surface area contributed by atoms with Crippen LogP contribution in [-0.2, 0) is 0 Å². The molecule has 0 bridgehead atoms. The molecule has 4 nitrogen and oxygen atoms in total. The highest BCUT2D eigenvalue weighted by Crippen LogP contribution is 2.04. The SMILES string of the molecule is O=Cc1cnn2ccncc12. The van der Waals surface area contributed by atoms with Crippen molar-refractivity contribution in [2.45, 2.75) is 0 Å². The highest BCUT2D eigenvalue weighted by molar-refractivity contribution is 5.84. The van der Waals surface area contributed by atoms with Gasteiger partial charge in [-0.2, -0.15) is 5.10 Å². The third kappa shape index (κ3) is 0.797. The molecule has 54 valence electrons. The van der Waals surface area contributed by atoms with Gasteiger partial charge in [-0.1, -0.05) is 0 Å². The number of rotatable bonds is 1. The van der Waals surface area contributed by atoms with E-state index >= 15 is 0 Å². The normalized spacial score (nSPS) is 10.2. The quantitative estimate of drug-likeness (QED) is 0.553. The van der Waals surface area contributed by atoms with E-state index in [1.54, 1.807) is 23.1 Å². The summed E-state index contributed by atoms with van der Waals surface area (Å²) in [4.78, 5) is 14.3. The second kappa shape index (κ2) is 2.16. The molecule has 2 aromatic heterocycles. The van der Waals surface area contributed by atoms with Crippen LogP contribution >= 0.6 is 0 Å². The largest absolute Gasteiger partial charge is 0.298 e. The zero-order valence-corrected chi connectivity index (χ0v) is 5.64. The molecule has 0 saturated heterocycles. The van der Waals surface area contributed by atoms with Crippen molar-refractivity contribution in [2.24, 2.45) is 0 Å². The Bertz CT molecular complexity index is 393. The maximum atomic E-state index is 10.4. The number of nitrogens with zero attached hydrogens (tertiary/aromatic N) is 3. The van der Waals surface area contributed by atoms with Crippen molar-refractivity contribution in [1.82, 2.24) is 14.6 Å². The molecular formula is C7H5N3O. The first kappa shape index (κ1) is 6.03. The molecule has 0 aliphatic heterocycles. The van der Waals surface area contributed by atoms with Crippen LogP contribution in [0, 0.1) is 0 Å². The summed E-state index contributed by atoms with van der Waals surface area (Å²) in [6.45, 7) is 0. The number of aldehydes is 1. The van der Waals surface area contributed by atoms with Crippen LogP contribution in [0.4, 0.5) is 0 Å². The number of carbonyl (C=O) groups excluding carboxylic acids is 1. The zero-order chi connectivity index (χ0) is 7.68. The Balaban J connectivity index is 2.86. The van der Waals surface area contributed by atoms with Crippen LogP contribution in [0.5, 0.6) is 0 Å². The van der Waals surface area contributed by atoms with Crippen molar-refractivity contribution >= 4 is 11.8 Å². The molecule has 0 unspecified atom stereocenters. The topological polar surface area (TPSA) is 47.3 Å². The van der Waals surface area contributed by atoms with Gasteiger partial charge in [-0.3, -0.25) is 9.78 Å². The fraction of sp³-hybridized carbons (Fsp3) is 0. The highest BCUT2D eigenvalue weighted by Gasteiger charge is 1.99. The summed E-state index contributed by atoms with van der Waals surface area (Å²) in [5.74, 6) is 0. The summed E-state index contributed by atoms with van der Waals surface area (Å²) >= 11 is 0. The third-order valence-corrected chi connectivity index (χ3v) is 1.48. The summed E-state index contributed by atoms with van der Waals surface area (Å²) in [7, 11) is 0. The Morgan fingerprint density at radius 3 is 3.18 bits per heavy atom. The summed E-state index contributed by atoms with van der Waals surface area (Å²) in [6.07, 6.45) is 7.21. The molecule has 0 aromatic carbocycles. The molecule has 0 radical (unpaired) electrons. The number of hydrogen-bond donors (Lipinski definition) is 0. The third-order valence-electron chi connectivity index (χ3n) is 1.48. The molecule has 0 atom stereocenters. The van der Waals surface area contributed by atoms with Crippen LogP contribution in [0.1, 0.15) is 10.4 Å². The van der Waals surface area contributed by atoms with E-state index in [9.17, 15) is 4.79 Å². The number of aromatic nitrogens is 3. The van der Waals surface area contributed by atoms with Gasteiger partial charge in [-0.15, -0.1) is 0 Å². The minimum absolute atomic E-state index is 0.568. The average Bonchev–Trinajstić information content (AvgIpc) is 2.47. The van der Waals surface area contributed by atoms with Gasteiger partial charge in [0.15, 0.2) is 6.29 Å². The molecule has 2 aromatic rings. The second-order valence-corrected chi connectivity index (χ2v) is 2.12.